The van der Waals surface area contributed by atoms with Gasteiger partial charge in [-0.15, -0.1) is 0 Å². The van der Waals surface area contributed by atoms with Gasteiger partial charge in [0.1, 0.15) is 0 Å². The van der Waals surface area contributed by atoms with E-state index in [1.807, 2.05) is 0 Å². The molecule has 16 heavy (non-hydrogen) atoms. The average molecular weight is 246 g/mol. The summed E-state index contributed by atoms with van der Waals surface area (Å²) in [5.74, 6) is -0.0957. The predicted molar refractivity (Wildman–Crippen MR) is 61.8 cm³/mol. The average Bonchev–Trinajstić information content (AvgIpc) is 2.21. The van der Waals surface area contributed by atoms with E-state index in [0.717, 1.165) is 12.8 Å². The summed E-state index contributed by atoms with van der Waals surface area (Å²) < 4.78 is 27.9. The summed E-state index contributed by atoms with van der Waals surface area (Å²) in [5, 5.41) is -0.349. The number of rotatable bonds is 4. The minimum atomic E-state index is -2.97. The molecule has 0 radical (unpaired) electrons. The molecule has 0 aromatic heterocycles. The Morgan fingerprint density at radius 1 is 1.44 bits per heavy atom. The molecule has 0 aromatic rings. The molecule has 1 heterocycles. The Bertz CT molecular complexity index is 369. The van der Waals surface area contributed by atoms with Crippen molar-refractivity contribution in [3.63, 3.8) is 0 Å². The van der Waals surface area contributed by atoms with Gasteiger partial charge in [0, 0.05) is 0 Å². The maximum Gasteiger partial charge on any atom is 0.309 e. The van der Waals surface area contributed by atoms with Crippen molar-refractivity contribution in [3.8, 4) is 0 Å². The molecular weight excluding hydrogens is 228 g/mol. The Morgan fingerprint density at radius 2 is 2.12 bits per heavy atom. The van der Waals surface area contributed by atoms with Crippen LogP contribution in [0.25, 0.3) is 0 Å². The van der Waals surface area contributed by atoms with Crippen LogP contribution in [0.2, 0.25) is 0 Å². The van der Waals surface area contributed by atoms with Crippen molar-refractivity contribution < 1.29 is 17.9 Å². The summed E-state index contributed by atoms with van der Waals surface area (Å²) in [6.45, 7) is 3.74. The minimum Gasteiger partial charge on any atom is -0.469 e. The van der Waals surface area contributed by atoms with Gasteiger partial charge in [-0.3, -0.25) is 4.79 Å². The molecule has 1 atom stereocenters. The van der Waals surface area contributed by atoms with Crippen molar-refractivity contribution in [2.75, 3.05) is 12.9 Å². The summed E-state index contributed by atoms with van der Waals surface area (Å²) in [6.07, 6.45) is 2.88. The van der Waals surface area contributed by atoms with Crippen molar-refractivity contribution in [1.29, 1.82) is 0 Å². The molecule has 1 aliphatic heterocycles. The lowest BCUT2D eigenvalue weighted by Crippen LogP contribution is -2.29. The lowest BCUT2D eigenvalue weighted by Gasteiger charge is -2.22. The van der Waals surface area contributed by atoms with E-state index in [4.69, 9.17) is 0 Å². The molecule has 0 bridgehead atoms. The zero-order valence-electron chi connectivity index (χ0n) is 9.57. The first kappa shape index (κ1) is 13.2. The Morgan fingerprint density at radius 3 is 2.69 bits per heavy atom. The molecule has 92 valence electrons. The van der Waals surface area contributed by atoms with Crippen molar-refractivity contribution in [2.24, 2.45) is 0 Å². The molecule has 1 saturated heterocycles. The first-order valence-corrected chi connectivity index (χ1v) is 7.12. The number of esters is 1. The Balaban J connectivity index is 2.53. The van der Waals surface area contributed by atoms with Crippen LogP contribution in [0.3, 0.4) is 0 Å². The van der Waals surface area contributed by atoms with Gasteiger partial charge < -0.3 is 4.74 Å². The smallest absolute Gasteiger partial charge is 0.309 e. The third-order valence-corrected chi connectivity index (χ3v) is 5.13. The second kappa shape index (κ2) is 5.48. The molecule has 1 rings (SSSR count). The van der Waals surface area contributed by atoms with Gasteiger partial charge in [-0.25, -0.2) is 8.42 Å². The van der Waals surface area contributed by atoms with Crippen molar-refractivity contribution >= 4 is 15.8 Å². The molecule has 0 amide bonds. The molecule has 1 unspecified atom stereocenters. The molecule has 0 N–H and O–H groups in total. The second-order valence-electron chi connectivity index (χ2n) is 4.19. The number of hydrogen-bond acceptors (Lipinski definition) is 4. The summed E-state index contributed by atoms with van der Waals surface area (Å²) in [6, 6.07) is 0. The number of methoxy groups -OCH3 is 1. The van der Waals surface area contributed by atoms with Gasteiger partial charge in [0.2, 0.25) is 0 Å². The summed E-state index contributed by atoms with van der Waals surface area (Å²) >= 11 is 0. The van der Waals surface area contributed by atoms with Crippen LogP contribution in [0, 0.1) is 0 Å². The first-order valence-electron chi connectivity index (χ1n) is 5.40. The van der Waals surface area contributed by atoms with E-state index in [2.05, 4.69) is 11.3 Å². The molecule has 4 nitrogen and oxygen atoms in total. The van der Waals surface area contributed by atoms with Crippen LogP contribution in [0.5, 0.6) is 0 Å². The van der Waals surface area contributed by atoms with Crippen molar-refractivity contribution in [2.45, 2.75) is 37.4 Å². The van der Waals surface area contributed by atoms with Crippen LogP contribution in [-0.2, 0) is 19.4 Å². The maximum atomic E-state index is 11.7. The normalized spacial score (nSPS) is 23.7. The van der Waals surface area contributed by atoms with Crippen LogP contribution >= 0.6 is 0 Å². The fourth-order valence-corrected chi connectivity index (χ4v) is 3.88. The standard InChI is InChI=1S/C11H18O4S/c1-9(8-11(12)15-2)7-10-5-3-4-6-16(10,13)14/h10H,1,3-8H2,2H3. The number of hydrogen-bond donors (Lipinski definition) is 0. The van der Waals surface area contributed by atoms with E-state index in [1.54, 1.807) is 0 Å². The third kappa shape index (κ3) is 3.63. The first-order chi connectivity index (χ1) is 7.45. The van der Waals surface area contributed by atoms with Gasteiger partial charge in [0.05, 0.1) is 24.5 Å². The van der Waals surface area contributed by atoms with Crippen molar-refractivity contribution in [3.05, 3.63) is 12.2 Å². The van der Waals surface area contributed by atoms with Crippen LogP contribution in [0.1, 0.15) is 32.1 Å². The Labute approximate surface area is 96.6 Å². The molecule has 0 saturated carbocycles. The van der Waals surface area contributed by atoms with Gasteiger partial charge >= 0.3 is 5.97 Å². The molecule has 0 aromatic carbocycles. The zero-order valence-corrected chi connectivity index (χ0v) is 10.4. The Kier molecular flexibility index (Phi) is 4.53. The van der Waals surface area contributed by atoms with Gasteiger partial charge in [0.15, 0.2) is 9.84 Å². The second-order valence-corrected chi connectivity index (χ2v) is 6.59. The largest absolute Gasteiger partial charge is 0.469 e. The summed E-state index contributed by atoms with van der Waals surface area (Å²) in [5.41, 5.74) is 0.641. The monoisotopic (exact) mass is 246 g/mol. The molecule has 1 aliphatic rings. The molecule has 1 fully saturated rings. The van der Waals surface area contributed by atoms with Crippen molar-refractivity contribution in [1.82, 2.24) is 0 Å². The quantitative estimate of drug-likeness (QED) is 0.556. The topological polar surface area (TPSA) is 60.4 Å². The fraction of sp³-hybridized carbons (Fsp3) is 0.727. The number of ether oxygens (including phenoxy) is 1. The fourth-order valence-electron chi connectivity index (χ4n) is 1.92. The highest BCUT2D eigenvalue weighted by Gasteiger charge is 2.29. The zero-order chi connectivity index (χ0) is 12.2. The minimum absolute atomic E-state index is 0.114. The molecule has 5 heteroatoms. The van der Waals surface area contributed by atoms with E-state index in [-0.39, 0.29) is 23.4 Å². The van der Waals surface area contributed by atoms with Gasteiger partial charge in [-0.2, -0.15) is 0 Å². The molecule has 0 spiro atoms. The van der Waals surface area contributed by atoms with E-state index in [0.29, 0.717) is 18.4 Å². The van der Waals surface area contributed by atoms with Crippen LogP contribution in [-0.4, -0.2) is 32.5 Å². The van der Waals surface area contributed by atoms with Crippen LogP contribution in [0.15, 0.2) is 12.2 Å². The molecular formula is C11H18O4S. The third-order valence-electron chi connectivity index (χ3n) is 2.85. The number of carbonyl (C=O) groups excluding carboxylic acids is 1. The summed E-state index contributed by atoms with van der Waals surface area (Å²) in [7, 11) is -1.66. The van der Waals surface area contributed by atoms with Gasteiger partial charge in [-0.1, -0.05) is 18.6 Å². The maximum absolute atomic E-state index is 11.7. The lowest BCUT2D eigenvalue weighted by atomic mass is 10.0. The summed E-state index contributed by atoms with van der Waals surface area (Å²) in [4.78, 5) is 11.0. The van der Waals surface area contributed by atoms with E-state index in [1.165, 1.54) is 7.11 Å². The number of sulfone groups is 1. The highest BCUT2D eigenvalue weighted by Crippen LogP contribution is 2.25. The van der Waals surface area contributed by atoms with E-state index < -0.39 is 9.84 Å². The Hall–Kier alpha value is -0.840. The van der Waals surface area contributed by atoms with E-state index in [9.17, 15) is 13.2 Å². The van der Waals surface area contributed by atoms with Gasteiger partial charge in [-0.05, 0) is 19.3 Å². The van der Waals surface area contributed by atoms with Gasteiger partial charge in [0.25, 0.3) is 0 Å². The highest BCUT2D eigenvalue weighted by molar-refractivity contribution is 7.92. The predicted octanol–water partition coefficient (Wildman–Crippen LogP) is 1.46. The SMILES string of the molecule is C=C(CC(=O)OC)CC1CCCCS1(=O)=O. The number of carbonyl (C=O) groups is 1. The molecule has 0 aliphatic carbocycles. The lowest BCUT2D eigenvalue weighted by molar-refractivity contribution is -0.139. The van der Waals surface area contributed by atoms with Crippen LogP contribution in [0.4, 0.5) is 0 Å². The highest BCUT2D eigenvalue weighted by atomic mass is 32.2. The van der Waals surface area contributed by atoms with Crippen LogP contribution < -0.4 is 0 Å². The van der Waals surface area contributed by atoms with E-state index >= 15 is 0 Å².